The highest BCUT2D eigenvalue weighted by atomic mass is 16.3. The Kier molecular flexibility index (Phi) is 5.95. The van der Waals surface area contributed by atoms with Crippen LogP contribution in [0.5, 0.6) is 0 Å². The molecule has 0 amide bonds. The number of hydrogen-bond donors (Lipinski definition) is 2. The zero-order chi connectivity index (χ0) is 20.4. The molecule has 0 radical (unpaired) electrons. The first-order valence-corrected chi connectivity index (χ1v) is 10.6. The molecular weight excluding hydrogens is 364 g/mol. The van der Waals surface area contributed by atoms with E-state index in [4.69, 9.17) is 0 Å². The second-order valence-corrected chi connectivity index (χ2v) is 8.68. The molecule has 4 rings (SSSR count). The number of anilines is 1. The summed E-state index contributed by atoms with van der Waals surface area (Å²) in [5.74, 6) is 0.961. The van der Waals surface area contributed by atoms with Crippen LogP contribution < -0.4 is 10.2 Å². The van der Waals surface area contributed by atoms with Gasteiger partial charge in [0.2, 0.25) is 0 Å². The Labute approximate surface area is 172 Å². The summed E-state index contributed by atoms with van der Waals surface area (Å²) < 4.78 is 0. The summed E-state index contributed by atoms with van der Waals surface area (Å²) in [4.78, 5) is 13.5. The second-order valence-electron chi connectivity index (χ2n) is 8.68. The van der Waals surface area contributed by atoms with Crippen LogP contribution in [-0.4, -0.2) is 65.5 Å². The number of fused-ring (bicyclic) bond motifs is 1. The van der Waals surface area contributed by atoms with E-state index in [-0.39, 0.29) is 6.04 Å². The molecule has 2 unspecified atom stereocenters. The quantitative estimate of drug-likeness (QED) is 0.750. The van der Waals surface area contributed by atoms with Crippen LogP contribution >= 0.6 is 0 Å². The van der Waals surface area contributed by atoms with Gasteiger partial charge in [-0.3, -0.25) is 15.3 Å². The summed E-state index contributed by atoms with van der Waals surface area (Å²) in [5.41, 5.74) is 2.97. The molecule has 0 spiro atoms. The summed E-state index contributed by atoms with van der Waals surface area (Å²) in [7, 11) is 2.16. The lowest BCUT2D eigenvalue weighted by molar-refractivity contribution is 0.0726. The van der Waals surface area contributed by atoms with Crippen LogP contribution in [0.25, 0.3) is 11.0 Å². The van der Waals surface area contributed by atoms with Gasteiger partial charge in [-0.2, -0.15) is 5.26 Å². The average Bonchev–Trinajstić information content (AvgIpc) is 3.07. The maximum absolute atomic E-state index is 10.7. The van der Waals surface area contributed by atoms with Crippen molar-refractivity contribution in [1.82, 2.24) is 20.2 Å². The van der Waals surface area contributed by atoms with E-state index in [0.717, 1.165) is 43.8 Å². The predicted molar refractivity (Wildman–Crippen MR) is 113 cm³/mol. The molecule has 1 aromatic carbocycles. The van der Waals surface area contributed by atoms with Crippen LogP contribution in [0.15, 0.2) is 24.5 Å². The fourth-order valence-electron chi connectivity index (χ4n) is 4.87. The van der Waals surface area contributed by atoms with E-state index >= 15 is 0 Å². The molecule has 2 aliphatic heterocycles. The SMILES string of the molecule is C[C@@H]1CN(c2ccc(C#N)c3nccnc23)C[C@@H]1NC(O)CC1CCCN(C)C1. The highest BCUT2D eigenvalue weighted by molar-refractivity contribution is 5.92. The molecule has 2 saturated heterocycles. The van der Waals surface area contributed by atoms with Crippen molar-refractivity contribution in [3.63, 3.8) is 0 Å². The average molecular weight is 395 g/mol. The second kappa shape index (κ2) is 8.62. The van der Waals surface area contributed by atoms with Crippen molar-refractivity contribution >= 4 is 16.7 Å². The molecule has 0 saturated carbocycles. The van der Waals surface area contributed by atoms with Crippen LogP contribution in [0.4, 0.5) is 5.69 Å². The first-order chi connectivity index (χ1) is 14.0. The van der Waals surface area contributed by atoms with Crippen LogP contribution in [0.1, 0.15) is 31.7 Å². The minimum Gasteiger partial charge on any atom is -0.379 e. The van der Waals surface area contributed by atoms with E-state index in [9.17, 15) is 10.4 Å². The number of aliphatic hydroxyl groups is 1. The number of aliphatic hydroxyl groups excluding tert-OH is 1. The molecule has 3 heterocycles. The number of likely N-dealkylation sites (tertiary alicyclic amines) is 1. The van der Waals surface area contributed by atoms with Gasteiger partial charge in [-0.05, 0) is 56.8 Å². The van der Waals surface area contributed by atoms with Crippen molar-refractivity contribution in [1.29, 1.82) is 5.26 Å². The summed E-state index contributed by atoms with van der Waals surface area (Å²) in [5, 5.41) is 23.5. The molecule has 2 N–H and O–H groups in total. The third kappa shape index (κ3) is 4.35. The number of nitrogens with zero attached hydrogens (tertiary/aromatic N) is 5. The van der Waals surface area contributed by atoms with E-state index in [0.29, 0.717) is 22.9 Å². The Hall–Kier alpha value is -2.27. The van der Waals surface area contributed by atoms with Crippen molar-refractivity contribution < 1.29 is 5.11 Å². The third-order valence-electron chi connectivity index (χ3n) is 6.36. The van der Waals surface area contributed by atoms with Crippen molar-refractivity contribution in [2.75, 3.05) is 38.1 Å². The van der Waals surface area contributed by atoms with Gasteiger partial charge in [-0.25, -0.2) is 0 Å². The first kappa shape index (κ1) is 20.0. The Bertz CT molecular complexity index is 896. The van der Waals surface area contributed by atoms with Gasteiger partial charge in [0.1, 0.15) is 23.3 Å². The molecule has 2 aliphatic rings. The molecule has 0 aliphatic carbocycles. The predicted octanol–water partition coefficient (Wildman–Crippen LogP) is 1.97. The molecule has 4 atom stereocenters. The molecule has 154 valence electrons. The molecule has 29 heavy (non-hydrogen) atoms. The first-order valence-electron chi connectivity index (χ1n) is 10.6. The van der Waals surface area contributed by atoms with Crippen LogP contribution in [-0.2, 0) is 0 Å². The van der Waals surface area contributed by atoms with E-state index < -0.39 is 6.23 Å². The maximum Gasteiger partial charge on any atom is 0.113 e. The summed E-state index contributed by atoms with van der Waals surface area (Å²) in [6.45, 7) is 6.14. The van der Waals surface area contributed by atoms with Gasteiger partial charge < -0.3 is 14.9 Å². The molecule has 2 aromatic rings. The molecular formula is C22H30N6O. The van der Waals surface area contributed by atoms with Gasteiger partial charge in [0.15, 0.2) is 0 Å². The molecule has 2 fully saturated rings. The molecule has 7 nitrogen and oxygen atoms in total. The van der Waals surface area contributed by atoms with Crippen LogP contribution in [0.2, 0.25) is 0 Å². The fourth-order valence-corrected chi connectivity index (χ4v) is 4.87. The van der Waals surface area contributed by atoms with E-state index in [1.807, 2.05) is 12.1 Å². The van der Waals surface area contributed by atoms with Gasteiger partial charge in [-0.15, -0.1) is 0 Å². The summed E-state index contributed by atoms with van der Waals surface area (Å²) in [6, 6.07) is 6.22. The Morgan fingerprint density at radius 3 is 2.79 bits per heavy atom. The lowest BCUT2D eigenvalue weighted by atomic mass is 9.94. The maximum atomic E-state index is 10.7. The Morgan fingerprint density at radius 2 is 2.03 bits per heavy atom. The summed E-state index contributed by atoms with van der Waals surface area (Å²) in [6.07, 6.45) is 6.05. The third-order valence-corrected chi connectivity index (χ3v) is 6.36. The van der Waals surface area contributed by atoms with Crippen molar-refractivity contribution in [2.24, 2.45) is 11.8 Å². The minimum absolute atomic E-state index is 0.216. The molecule has 7 heteroatoms. The smallest absolute Gasteiger partial charge is 0.113 e. The topological polar surface area (TPSA) is 88.3 Å². The van der Waals surface area contributed by atoms with Gasteiger partial charge in [-0.1, -0.05) is 6.92 Å². The van der Waals surface area contributed by atoms with Gasteiger partial charge in [0.25, 0.3) is 0 Å². The van der Waals surface area contributed by atoms with Gasteiger partial charge >= 0.3 is 0 Å². The number of hydrogen-bond acceptors (Lipinski definition) is 7. The van der Waals surface area contributed by atoms with Crippen LogP contribution in [0.3, 0.4) is 0 Å². The lowest BCUT2D eigenvalue weighted by Gasteiger charge is -2.32. The minimum atomic E-state index is -0.476. The number of nitriles is 1. The van der Waals surface area contributed by atoms with Gasteiger partial charge in [0, 0.05) is 38.1 Å². The van der Waals surface area contributed by atoms with Crippen molar-refractivity contribution in [2.45, 2.75) is 38.5 Å². The van der Waals surface area contributed by atoms with Crippen molar-refractivity contribution in [3.8, 4) is 6.07 Å². The van der Waals surface area contributed by atoms with Crippen LogP contribution in [0, 0.1) is 23.2 Å². The molecule has 1 aromatic heterocycles. The normalized spacial score (nSPS) is 26.6. The van der Waals surface area contributed by atoms with E-state index in [1.165, 1.54) is 12.8 Å². The van der Waals surface area contributed by atoms with E-state index in [1.54, 1.807) is 12.4 Å². The number of rotatable bonds is 5. The Balaban J connectivity index is 1.44. The highest BCUT2D eigenvalue weighted by Gasteiger charge is 2.32. The fraction of sp³-hybridized carbons (Fsp3) is 0.591. The molecule has 0 bridgehead atoms. The van der Waals surface area contributed by atoms with Crippen molar-refractivity contribution in [3.05, 3.63) is 30.1 Å². The number of nitrogens with one attached hydrogen (secondary N) is 1. The highest BCUT2D eigenvalue weighted by Crippen LogP contribution is 2.31. The lowest BCUT2D eigenvalue weighted by Crippen LogP contribution is -2.45. The van der Waals surface area contributed by atoms with Gasteiger partial charge in [0.05, 0.1) is 11.3 Å². The standard InChI is InChI=1S/C22H30N6O/c1-15-12-28(19-6-5-17(11-23)21-22(19)25-8-7-24-21)14-18(15)26-20(29)10-16-4-3-9-27(2)13-16/h5-8,15-16,18,20,26,29H,3-4,9-10,12-14H2,1-2H3/t15-,16?,18+,20?/m1/s1. The number of aromatic nitrogens is 2. The van der Waals surface area contributed by atoms with E-state index in [2.05, 4.69) is 45.1 Å². The summed E-state index contributed by atoms with van der Waals surface area (Å²) >= 11 is 0. The zero-order valence-corrected chi connectivity index (χ0v) is 17.3. The monoisotopic (exact) mass is 394 g/mol. The number of piperidine rings is 1. The zero-order valence-electron chi connectivity index (χ0n) is 17.3. The number of benzene rings is 1. The Morgan fingerprint density at radius 1 is 1.24 bits per heavy atom. The largest absolute Gasteiger partial charge is 0.379 e.